The van der Waals surface area contributed by atoms with Gasteiger partial charge in [0.2, 0.25) is 0 Å². The number of hydrogen-bond donors (Lipinski definition) is 0. The molecule has 70 valence electrons. The summed E-state index contributed by atoms with van der Waals surface area (Å²) >= 11 is 0. The van der Waals surface area contributed by atoms with Crippen molar-refractivity contribution in [3.05, 3.63) is 35.4 Å². The molecule has 2 rings (SSSR count). The largest absolute Gasteiger partial charge is 0.339 e. The van der Waals surface area contributed by atoms with Crippen molar-refractivity contribution in [1.29, 1.82) is 5.26 Å². The Balaban J connectivity index is 2.16. The molecule has 0 spiro atoms. The van der Waals surface area contributed by atoms with Crippen molar-refractivity contribution in [2.45, 2.75) is 6.42 Å². The summed E-state index contributed by atoms with van der Waals surface area (Å²) in [5.41, 5.74) is 1.26. The molecule has 1 heterocycles. The third-order valence-corrected chi connectivity index (χ3v) is 2.40. The van der Waals surface area contributed by atoms with Gasteiger partial charge in [-0.1, -0.05) is 0 Å². The number of benzene rings is 1. The molecule has 0 aliphatic carbocycles. The van der Waals surface area contributed by atoms with Gasteiger partial charge in [0.15, 0.2) is 0 Å². The number of likely N-dealkylation sites (tertiary alicyclic amines) is 1. The van der Waals surface area contributed by atoms with Crippen molar-refractivity contribution < 1.29 is 4.79 Å². The second-order valence-corrected chi connectivity index (χ2v) is 3.33. The highest BCUT2D eigenvalue weighted by atomic mass is 16.2. The van der Waals surface area contributed by atoms with E-state index in [-0.39, 0.29) is 5.91 Å². The van der Waals surface area contributed by atoms with E-state index < -0.39 is 0 Å². The summed E-state index contributed by atoms with van der Waals surface area (Å²) in [4.78, 5) is 13.5. The quantitative estimate of drug-likeness (QED) is 0.665. The molecule has 14 heavy (non-hydrogen) atoms. The topological polar surface area (TPSA) is 44.1 Å². The highest BCUT2D eigenvalue weighted by molar-refractivity contribution is 5.94. The molecule has 1 amide bonds. The number of carbonyl (C=O) groups excluding carboxylic acids is 1. The van der Waals surface area contributed by atoms with Gasteiger partial charge in [0.05, 0.1) is 11.6 Å². The van der Waals surface area contributed by atoms with E-state index in [4.69, 9.17) is 5.26 Å². The fraction of sp³-hybridized carbons (Fsp3) is 0.273. The van der Waals surface area contributed by atoms with Gasteiger partial charge in [-0.3, -0.25) is 4.79 Å². The lowest BCUT2D eigenvalue weighted by molar-refractivity contribution is 0.0652. The zero-order valence-electron chi connectivity index (χ0n) is 7.73. The van der Waals surface area contributed by atoms with E-state index in [9.17, 15) is 4.79 Å². The lowest BCUT2D eigenvalue weighted by atomic mass is 10.1. The van der Waals surface area contributed by atoms with Crippen molar-refractivity contribution in [3.8, 4) is 6.07 Å². The lowest BCUT2D eigenvalue weighted by Crippen LogP contribution is -2.41. The van der Waals surface area contributed by atoms with E-state index >= 15 is 0 Å². The predicted molar refractivity (Wildman–Crippen MR) is 51.7 cm³/mol. The summed E-state index contributed by atoms with van der Waals surface area (Å²) in [6, 6.07) is 8.79. The van der Waals surface area contributed by atoms with E-state index in [0.717, 1.165) is 19.5 Å². The predicted octanol–water partition coefficient (Wildman–Crippen LogP) is 1.40. The Morgan fingerprint density at radius 3 is 2.36 bits per heavy atom. The summed E-state index contributed by atoms with van der Waals surface area (Å²) < 4.78 is 0. The van der Waals surface area contributed by atoms with Crippen molar-refractivity contribution in [1.82, 2.24) is 4.90 Å². The van der Waals surface area contributed by atoms with Crippen LogP contribution in [0.25, 0.3) is 0 Å². The van der Waals surface area contributed by atoms with Gasteiger partial charge in [-0.2, -0.15) is 5.26 Å². The Labute approximate surface area is 82.6 Å². The summed E-state index contributed by atoms with van der Waals surface area (Å²) in [6.07, 6.45) is 1.10. The molecule has 3 heteroatoms. The molecule has 1 aromatic carbocycles. The van der Waals surface area contributed by atoms with Crippen molar-refractivity contribution in [2.75, 3.05) is 13.1 Å². The molecule has 0 bridgehead atoms. The Morgan fingerprint density at radius 1 is 1.29 bits per heavy atom. The first-order valence-corrected chi connectivity index (χ1v) is 4.61. The number of hydrogen-bond acceptors (Lipinski definition) is 2. The fourth-order valence-corrected chi connectivity index (χ4v) is 1.39. The maximum atomic E-state index is 11.7. The van der Waals surface area contributed by atoms with Crippen LogP contribution in [0, 0.1) is 11.3 Å². The van der Waals surface area contributed by atoms with Gasteiger partial charge in [0.25, 0.3) is 5.91 Å². The highest BCUT2D eigenvalue weighted by Gasteiger charge is 2.20. The molecule has 0 N–H and O–H groups in total. The molecule has 1 aliphatic rings. The Bertz CT molecular complexity index is 385. The number of carbonyl (C=O) groups is 1. The number of nitrogens with zero attached hydrogens (tertiary/aromatic N) is 2. The minimum Gasteiger partial charge on any atom is -0.339 e. The number of rotatable bonds is 1. The van der Waals surface area contributed by atoms with Crippen LogP contribution in [0.5, 0.6) is 0 Å². The van der Waals surface area contributed by atoms with E-state index in [1.54, 1.807) is 29.2 Å². The Hall–Kier alpha value is -1.82. The smallest absolute Gasteiger partial charge is 0.253 e. The van der Waals surface area contributed by atoms with E-state index in [1.165, 1.54) is 0 Å². The van der Waals surface area contributed by atoms with Crippen LogP contribution >= 0.6 is 0 Å². The monoisotopic (exact) mass is 186 g/mol. The SMILES string of the molecule is N#Cc1ccc(C(=O)N2CCC2)cc1. The van der Waals surface area contributed by atoms with Crippen LogP contribution in [0.2, 0.25) is 0 Å². The lowest BCUT2D eigenvalue weighted by Gasteiger charge is -2.30. The maximum absolute atomic E-state index is 11.7. The van der Waals surface area contributed by atoms with E-state index in [0.29, 0.717) is 11.1 Å². The molecule has 1 saturated heterocycles. The standard InChI is InChI=1S/C11H10N2O/c12-8-9-2-4-10(5-3-9)11(14)13-6-1-7-13/h2-5H,1,6-7H2. The van der Waals surface area contributed by atoms with Crippen molar-refractivity contribution >= 4 is 5.91 Å². The molecule has 1 aromatic rings. The first-order chi connectivity index (χ1) is 6.81. The van der Waals surface area contributed by atoms with Crippen LogP contribution in [0.1, 0.15) is 22.3 Å². The van der Waals surface area contributed by atoms with Gasteiger partial charge in [-0.25, -0.2) is 0 Å². The molecular formula is C11H10N2O. The van der Waals surface area contributed by atoms with Crippen LogP contribution < -0.4 is 0 Å². The maximum Gasteiger partial charge on any atom is 0.253 e. The zero-order chi connectivity index (χ0) is 9.97. The molecular weight excluding hydrogens is 176 g/mol. The number of nitriles is 1. The van der Waals surface area contributed by atoms with Crippen LogP contribution in [0.15, 0.2) is 24.3 Å². The second kappa shape index (κ2) is 3.51. The van der Waals surface area contributed by atoms with Crippen molar-refractivity contribution in [3.63, 3.8) is 0 Å². The molecule has 1 fully saturated rings. The normalized spacial score (nSPS) is 14.4. The van der Waals surface area contributed by atoms with Crippen LogP contribution in [0.3, 0.4) is 0 Å². The molecule has 0 radical (unpaired) electrons. The molecule has 0 unspecified atom stereocenters. The van der Waals surface area contributed by atoms with Crippen LogP contribution in [-0.2, 0) is 0 Å². The van der Waals surface area contributed by atoms with Gasteiger partial charge in [-0.15, -0.1) is 0 Å². The first kappa shape index (κ1) is 8.76. The van der Waals surface area contributed by atoms with Gasteiger partial charge >= 0.3 is 0 Å². The highest BCUT2D eigenvalue weighted by Crippen LogP contribution is 2.12. The third kappa shape index (κ3) is 1.47. The summed E-state index contributed by atoms with van der Waals surface area (Å²) in [6.45, 7) is 1.72. The minimum atomic E-state index is 0.0701. The van der Waals surface area contributed by atoms with Gasteiger partial charge in [-0.05, 0) is 30.7 Å². The zero-order valence-corrected chi connectivity index (χ0v) is 7.73. The summed E-state index contributed by atoms with van der Waals surface area (Å²) in [5, 5.41) is 8.59. The van der Waals surface area contributed by atoms with E-state index in [2.05, 4.69) is 0 Å². The Morgan fingerprint density at radius 2 is 1.93 bits per heavy atom. The Kier molecular flexibility index (Phi) is 2.19. The molecule has 0 aromatic heterocycles. The minimum absolute atomic E-state index is 0.0701. The molecule has 3 nitrogen and oxygen atoms in total. The van der Waals surface area contributed by atoms with Crippen LogP contribution in [-0.4, -0.2) is 23.9 Å². The second-order valence-electron chi connectivity index (χ2n) is 3.33. The van der Waals surface area contributed by atoms with Gasteiger partial charge in [0.1, 0.15) is 0 Å². The van der Waals surface area contributed by atoms with Crippen LogP contribution in [0.4, 0.5) is 0 Å². The molecule has 0 atom stereocenters. The fourth-order valence-electron chi connectivity index (χ4n) is 1.39. The molecule has 0 saturated carbocycles. The first-order valence-electron chi connectivity index (χ1n) is 4.61. The van der Waals surface area contributed by atoms with Crippen molar-refractivity contribution in [2.24, 2.45) is 0 Å². The average molecular weight is 186 g/mol. The summed E-state index contributed by atoms with van der Waals surface area (Å²) in [5.74, 6) is 0.0701. The molecule has 1 aliphatic heterocycles. The van der Waals surface area contributed by atoms with Gasteiger partial charge < -0.3 is 4.90 Å². The third-order valence-electron chi connectivity index (χ3n) is 2.40. The number of amides is 1. The van der Waals surface area contributed by atoms with Gasteiger partial charge in [0, 0.05) is 18.7 Å². The van der Waals surface area contributed by atoms with E-state index in [1.807, 2.05) is 6.07 Å². The average Bonchev–Trinajstić information content (AvgIpc) is 2.15. The summed E-state index contributed by atoms with van der Waals surface area (Å²) in [7, 11) is 0.